The maximum Gasteiger partial charge on any atom is 0.209 e. The molecule has 4 aliphatic rings. The van der Waals surface area contributed by atoms with Crippen LogP contribution >= 0.6 is 11.8 Å². The van der Waals surface area contributed by atoms with Crippen molar-refractivity contribution in [2.45, 2.75) is 35.9 Å². The van der Waals surface area contributed by atoms with E-state index in [1.807, 2.05) is 9.47 Å². The molecule has 0 unspecified atom stereocenters. The first-order chi connectivity index (χ1) is 16.1. The Bertz CT molecular complexity index is 1180. The van der Waals surface area contributed by atoms with E-state index in [0.29, 0.717) is 63.6 Å². The van der Waals surface area contributed by atoms with Gasteiger partial charge < -0.3 is 24.7 Å². The number of piperidine rings is 1. The van der Waals surface area contributed by atoms with Gasteiger partial charge in [-0.1, -0.05) is 0 Å². The molecule has 5 rings (SSSR count). The lowest BCUT2D eigenvalue weighted by atomic mass is 9.94. The molecule has 4 heterocycles. The molecule has 0 saturated carbocycles. The number of benzene rings is 1. The first kappa shape index (κ1) is 21.3. The molecule has 2 N–H and O–H groups in total. The van der Waals surface area contributed by atoms with Crippen molar-refractivity contribution in [2.75, 3.05) is 32.0 Å². The zero-order valence-corrected chi connectivity index (χ0v) is 18.8. The minimum absolute atomic E-state index is 0.322. The molecule has 0 spiro atoms. The minimum Gasteiger partial charge on any atom is -0.486 e. The summed E-state index contributed by atoms with van der Waals surface area (Å²) in [7, 11) is 0. The van der Waals surface area contributed by atoms with Crippen LogP contribution in [0.25, 0.3) is 11.5 Å². The third-order valence-corrected chi connectivity index (χ3v) is 6.94. The van der Waals surface area contributed by atoms with Gasteiger partial charge >= 0.3 is 0 Å². The number of fused-ring (bicyclic) bond motifs is 2. The minimum atomic E-state index is 0.322. The van der Waals surface area contributed by atoms with Crippen LogP contribution in [0.5, 0.6) is 11.5 Å². The van der Waals surface area contributed by atoms with Gasteiger partial charge in [0.05, 0.1) is 11.9 Å². The van der Waals surface area contributed by atoms with Gasteiger partial charge in [-0.15, -0.1) is 0 Å². The predicted molar refractivity (Wildman–Crippen MR) is 120 cm³/mol. The maximum atomic E-state index is 10.9. The number of imidazole rings is 1. The third kappa shape index (κ3) is 4.39. The lowest BCUT2D eigenvalue weighted by molar-refractivity contribution is -0.119. The number of aryl methyl sites for hydroxylation is 1. The van der Waals surface area contributed by atoms with Crippen LogP contribution in [0, 0.1) is 17.2 Å². The number of nitriles is 1. The molecule has 0 atom stereocenters. The summed E-state index contributed by atoms with van der Waals surface area (Å²) in [5.74, 6) is 2.72. The van der Waals surface area contributed by atoms with Gasteiger partial charge in [-0.3, -0.25) is 4.79 Å². The Morgan fingerprint density at radius 1 is 1.21 bits per heavy atom. The summed E-state index contributed by atoms with van der Waals surface area (Å²) in [6.45, 7) is 3.29. The number of hydrogen-bond donors (Lipinski definition) is 1. The van der Waals surface area contributed by atoms with Gasteiger partial charge in [-0.05, 0) is 43.0 Å². The Labute approximate surface area is 195 Å². The highest BCUT2D eigenvalue weighted by Gasteiger charge is 2.23. The molecule has 170 valence electrons. The number of carbonyl (C=O) groups is 1. The van der Waals surface area contributed by atoms with Gasteiger partial charge in [0.2, 0.25) is 6.41 Å². The molecule has 10 nitrogen and oxygen atoms in total. The highest BCUT2D eigenvalue weighted by Crippen LogP contribution is 2.40. The van der Waals surface area contributed by atoms with Crippen molar-refractivity contribution in [1.29, 1.82) is 5.26 Å². The van der Waals surface area contributed by atoms with Crippen LogP contribution in [0.4, 0.5) is 5.82 Å². The van der Waals surface area contributed by atoms with Gasteiger partial charge in [0, 0.05) is 30.6 Å². The van der Waals surface area contributed by atoms with E-state index < -0.39 is 0 Å². The molecular weight excluding hydrogens is 442 g/mol. The average molecular weight is 466 g/mol. The van der Waals surface area contributed by atoms with Gasteiger partial charge in [-0.2, -0.15) is 5.26 Å². The van der Waals surface area contributed by atoms with Gasteiger partial charge in [0.15, 0.2) is 34.0 Å². The highest BCUT2D eigenvalue weighted by molar-refractivity contribution is 7.99. The summed E-state index contributed by atoms with van der Waals surface area (Å²) in [5, 5.41) is 10.1. The molecular formula is C22H23N7O3S. The summed E-state index contributed by atoms with van der Waals surface area (Å²) in [4.78, 5) is 27.0. The number of rotatable bonds is 6. The molecule has 1 aromatic rings. The summed E-state index contributed by atoms with van der Waals surface area (Å²) in [6, 6.07) is 5.68. The highest BCUT2D eigenvalue weighted by atomic mass is 32.2. The normalized spacial score (nSPS) is 16.0. The Kier molecular flexibility index (Phi) is 5.92. The Morgan fingerprint density at radius 2 is 1.97 bits per heavy atom. The van der Waals surface area contributed by atoms with E-state index in [1.54, 1.807) is 18.5 Å². The average Bonchev–Trinajstić information content (AvgIpc) is 3.28. The fourth-order valence-corrected chi connectivity index (χ4v) is 5.00. The van der Waals surface area contributed by atoms with E-state index in [9.17, 15) is 10.1 Å². The molecule has 1 saturated heterocycles. The molecule has 4 aliphatic heterocycles. The molecule has 1 aromatic carbocycles. The number of likely N-dealkylation sites (tertiary alicyclic amines) is 1. The summed E-state index contributed by atoms with van der Waals surface area (Å²) in [6.07, 6.45) is 5.59. The summed E-state index contributed by atoms with van der Waals surface area (Å²) >= 11 is 1.29. The van der Waals surface area contributed by atoms with Crippen LogP contribution in [-0.2, 0) is 11.3 Å². The lowest BCUT2D eigenvalue weighted by Gasteiger charge is -2.29. The van der Waals surface area contributed by atoms with Crippen LogP contribution in [0.15, 0.2) is 28.5 Å². The van der Waals surface area contributed by atoms with E-state index >= 15 is 0 Å². The molecule has 0 bridgehead atoms. The number of ether oxygens (including phenoxy) is 2. The predicted octanol–water partition coefficient (Wildman–Crippen LogP) is 2.41. The van der Waals surface area contributed by atoms with Crippen molar-refractivity contribution in [3.63, 3.8) is 0 Å². The first-order valence-corrected chi connectivity index (χ1v) is 11.7. The fourth-order valence-electron chi connectivity index (χ4n) is 4.15. The summed E-state index contributed by atoms with van der Waals surface area (Å²) in [5.41, 5.74) is 7.10. The second-order valence-corrected chi connectivity index (χ2v) is 9.09. The number of hydrogen-bond acceptors (Lipinski definition) is 9. The van der Waals surface area contributed by atoms with Crippen molar-refractivity contribution in [2.24, 2.45) is 5.92 Å². The van der Waals surface area contributed by atoms with Gasteiger partial charge in [-0.25, -0.2) is 15.0 Å². The fraction of sp³-hybridized carbons (Fsp3) is 0.409. The number of anilines is 1. The van der Waals surface area contributed by atoms with E-state index in [0.717, 1.165) is 45.3 Å². The molecule has 11 heteroatoms. The van der Waals surface area contributed by atoms with Crippen LogP contribution in [-0.4, -0.2) is 57.1 Å². The largest absolute Gasteiger partial charge is 0.486 e. The maximum absolute atomic E-state index is 10.9. The van der Waals surface area contributed by atoms with Crippen LogP contribution in [0.3, 0.4) is 0 Å². The first-order valence-electron chi connectivity index (χ1n) is 10.8. The molecule has 0 aliphatic carbocycles. The van der Waals surface area contributed by atoms with E-state index in [2.05, 4.69) is 16.0 Å². The number of amides is 1. The molecule has 33 heavy (non-hydrogen) atoms. The zero-order valence-electron chi connectivity index (χ0n) is 17.9. The standard InChI is InChI=1S/C22H23N7O3S/c23-11-15-9-16-17(32-8-7-31-16)10-18(15)33-22-26-19-20(24)25-12-29(21(19)27-22)6-3-14-1-4-28(13-30)5-2-14/h9-10,12-14H,1-8,24H2. The van der Waals surface area contributed by atoms with Gasteiger partial charge in [0.1, 0.15) is 19.3 Å². The van der Waals surface area contributed by atoms with Crippen molar-refractivity contribution in [1.82, 2.24) is 24.4 Å². The molecule has 0 radical (unpaired) electrons. The SMILES string of the molecule is N#Cc1cc2c(cc1Sc1nc3c(N)ncn(CCC4CCN(C=O)CC4)c-3n1)OCCO2. The Balaban J connectivity index is 1.36. The second kappa shape index (κ2) is 9.15. The van der Waals surface area contributed by atoms with Crippen LogP contribution in [0.2, 0.25) is 0 Å². The van der Waals surface area contributed by atoms with E-state index in [-0.39, 0.29) is 0 Å². The lowest BCUT2D eigenvalue weighted by Crippen LogP contribution is -2.32. The molecule has 1 fully saturated rings. The third-order valence-electron chi connectivity index (χ3n) is 6.01. The Hall–Kier alpha value is -3.52. The number of nitrogens with two attached hydrogens (primary N) is 1. The zero-order chi connectivity index (χ0) is 22.8. The quantitative estimate of drug-likeness (QED) is 0.545. The number of nitrogens with zero attached hydrogens (tertiary/aromatic N) is 6. The van der Waals surface area contributed by atoms with E-state index in [4.69, 9.17) is 20.2 Å². The number of nitrogen functional groups attached to an aromatic ring is 1. The number of aromatic nitrogens is 4. The van der Waals surface area contributed by atoms with Crippen LogP contribution < -0.4 is 15.2 Å². The van der Waals surface area contributed by atoms with Crippen molar-refractivity contribution in [3.05, 3.63) is 24.0 Å². The second-order valence-electron chi connectivity index (χ2n) is 8.08. The Morgan fingerprint density at radius 3 is 2.70 bits per heavy atom. The van der Waals surface area contributed by atoms with Crippen molar-refractivity contribution >= 4 is 24.0 Å². The topological polar surface area (TPSA) is 132 Å². The number of carbonyl (C=O) groups excluding carboxylic acids is 1. The smallest absolute Gasteiger partial charge is 0.209 e. The summed E-state index contributed by atoms with van der Waals surface area (Å²) < 4.78 is 13.2. The molecule has 1 amide bonds. The van der Waals surface area contributed by atoms with Crippen molar-refractivity contribution < 1.29 is 14.3 Å². The monoisotopic (exact) mass is 465 g/mol. The van der Waals surface area contributed by atoms with E-state index in [1.165, 1.54) is 11.8 Å². The van der Waals surface area contributed by atoms with Gasteiger partial charge in [0.25, 0.3) is 0 Å². The van der Waals surface area contributed by atoms with Crippen LogP contribution in [0.1, 0.15) is 24.8 Å². The molecule has 0 aromatic heterocycles. The van der Waals surface area contributed by atoms with Crippen molar-refractivity contribution in [3.8, 4) is 29.1 Å².